The van der Waals surface area contributed by atoms with Gasteiger partial charge in [-0.05, 0) is 31.0 Å². The van der Waals surface area contributed by atoms with Crippen molar-refractivity contribution in [3.63, 3.8) is 0 Å². The van der Waals surface area contributed by atoms with Crippen molar-refractivity contribution < 1.29 is 9.32 Å². The Morgan fingerprint density at radius 1 is 1.17 bits per heavy atom. The normalized spacial score (nSPS) is 18.3. The van der Waals surface area contributed by atoms with Gasteiger partial charge in [0.05, 0.1) is 0 Å². The van der Waals surface area contributed by atoms with E-state index in [0.29, 0.717) is 24.7 Å². The number of halogens is 1. The molecule has 1 saturated heterocycles. The van der Waals surface area contributed by atoms with Crippen LogP contribution in [-0.4, -0.2) is 42.1 Å². The summed E-state index contributed by atoms with van der Waals surface area (Å²) in [6.45, 7) is 2.94. The van der Waals surface area contributed by atoms with Crippen molar-refractivity contribution in [1.82, 2.24) is 10.1 Å². The van der Waals surface area contributed by atoms with Gasteiger partial charge < -0.3 is 14.3 Å². The van der Waals surface area contributed by atoms with Crippen molar-refractivity contribution in [1.29, 1.82) is 0 Å². The van der Waals surface area contributed by atoms with Crippen LogP contribution in [0.15, 0.2) is 34.9 Å². The second kappa shape index (κ2) is 5.89. The van der Waals surface area contributed by atoms with Crippen LogP contribution in [0.2, 0.25) is 5.02 Å². The maximum absolute atomic E-state index is 12.5. The van der Waals surface area contributed by atoms with Gasteiger partial charge in [0.25, 0.3) is 5.91 Å². The fourth-order valence-corrected chi connectivity index (χ4v) is 3.14. The van der Waals surface area contributed by atoms with Crippen LogP contribution in [0.3, 0.4) is 0 Å². The molecular weight excluding hydrogens is 314 g/mol. The number of piperazine rings is 1. The summed E-state index contributed by atoms with van der Waals surface area (Å²) in [6.07, 6.45) is 2.28. The maximum atomic E-state index is 12.5. The van der Waals surface area contributed by atoms with E-state index in [-0.39, 0.29) is 5.91 Å². The van der Waals surface area contributed by atoms with Gasteiger partial charge in [-0.3, -0.25) is 4.79 Å². The molecule has 120 valence electrons. The number of aromatic nitrogens is 1. The molecule has 2 fully saturated rings. The molecule has 0 atom stereocenters. The number of benzene rings is 1. The first-order chi connectivity index (χ1) is 11.2. The molecule has 0 radical (unpaired) electrons. The molecule has 2 heterocycles. The Balaban J connectivity index is 1.39. The van der Waals surface area contributed by atoms with Crippen molar-refractivity contribution in [2.24, 2.45) is 0 Å². The minimum atomic E-state index is -0.0357. The molecule has 4 rings (SSSR count). The fraction of sp³-hybridized carbons (Fsp3) is 0.412. The van der Waals surface area contributed by atoms with Crippen LogP contribution in [0, 0.1) is 0 Å². The van der Waals surface area contributed by atoms with Gasteiger partial charge in [0, 0.05) is 48.9 Å². The van der Waals surface area contributed by atoms with E-state index in [0.717, 1.165) is 42.4 Å². The average molecular weight is 332 g/mol. The number of rotatable bonds is 3. The Morgan fingerprint density at radius 3 is 2.65 bits per heavy atom. The molecule has 1 saturated carbocycles. The highest BCUT2D eigenvalue weighted by atomic mass is 35.5. The predicted molar refractivity (Wildman–Crippen MR) is 88.0 cm³/mol. The lowest BCUT2D eigenvalue weighted by Crippen LogP contribution is -2.48. The van der Waals surface area contributed by atoms with Crippen LogP contribution in [0.5, 0.6) is 0 Å². The zero-order valence-electron chi connectivity index (χ0n) is 12.7. The summed E-state index contributed by atoms with van der Waals surface area (Å²) in [5.74, 6) is 1.29. The highest BCUT2D eigenvalue weighted by molar-refractivity contribution is 6.30. The predicted octanol–water partition coefficient (Wildman–Crippen LogP) is 3.17. The van der Waals surface area contributed by atoms with Gasteiger partial charge in [0.1, 0.15) is 5.76 Å². The van der Waals surface area contributed by atoms with E-state index in [4.69, 9.17) is 16.1 Å². The van der Waals surface area contributed by atoms with Crippen LogP contribution < -0.4 is 4.90 Å². The molecule has 1 amide bonds. The molecule has 0 unspecified atom stereocenters. The molecule has 2 aliphatic rings. The van der Waals surface area contributed by atoms with Gasteiger partial charge in [-0.2, -0.15) is 0 Å². The van der Waals surface area contributed by atoms with Crippen LogP contribution in [0.1, 0.15) is 35.0 Å². The lowest BCUT2D eigenvalue weighted by molar-refractivity contribution is 0.0736. The third-order valence-corrected chi connectivity index (χ3v) is 4.70. The molecule has 23 heavy (non-hydrogen) atoms. The van der Waals surface area contributed by atoms with E-state index < -0.39 is 0 Å². The quantitative estimate of drug-likeness (QED) is 0.866. The summed E-state index contributed by atoms with van der Waals surface area (Å²) < 4.78 is 5.28. The molecule has 0 N–H and O–H groups in total. The maximum Gasteiger partial charge on any atom is 0.276 e. The van der Waals surface area contributed by atoms with Crippen LogP contribution in [-0.2, 0) is 0 Å². The van der Waals surface area contributed by atoms with Crippen molar-refractivity contribution in [2.75, 3.05) is 31.1 Å². The van der Waals surface area contributed by atoms with E-state index in [1.165, 1.54) is 0 Å². The summed E-state index contributed by atoms with van der Waals surface area (Å²) >= 11 is 6.05. The minimum Gasteiger partial charge on any atom is -0.368 e. The van der Waals surface area contributed by atoms with E-state index in [2.05, 4.69) is 10.1 Å². The van der Waals surface area contributed by atoms with Gasteiger partial charge >= 0.3 is 0 Å². The summed E-state index contributed by atoms with van der Waals surface area (Å²) in [5, 5.41) is 4.68. The standard InChI is InChI=1S/C17H18ClN3O2/c18-13-2-1-3-14(10-13)20-6-8-21(9-7-20)17(22)15-11-16(23-19-15)12-4-5-12/h1-3,10-12H,4-9H2. The Kier molecular flexibility index (Phi) is 3.73. The summed E-state index contributed by atoms with van der Waals surface area (Å²) in [5.41, 5.74) is 1.53. The van der Waals surface area contributed by atoms with Gasteiger partial charge in [-0.25, -0.2) is 0 Å². The number of amides is 1. The first kappa shape index (κ1) is 14.6. The number of hydrogen-bond acceptors (Lipinski definition) is 4. The Morgan fingerprint density at radius 2 is 1.96 bits per heavy atom. The molecule has 0 bridgehead atoms. The van der Waals surface area contributed by atoms with Gasteiger partial charge in [-0.1, -0.05) is 22.8 Å². The number of nitrogens with zero attached hydrogens (tertiary/aromatic N) is 3. The molecule has 1 aliphatic carbocycles. The van der Waals surface area contributed by atoms with Crippen molar-refractivity contribution in [3.05, 3.63) is 46.8 Å². The zero-order chi connectivity index (χ0) is 15.8. The number of anilines is 1. The Bertz CT molecular complexity index is 718. The SMILES string of the molecule is O=C(c1cc(C2CC2)on1)N1CCN(c2cccc(Cl)c2)CC1. The highest BCUT2D eigenvalue weighted by Gasteiger charge is 2.30. The molecule has 5 nitrogen and oxygen atoms in total. The van der Waals surface area contributed by atoms with Crippen molar-refractivity contribution >= 4 is 23.2 Å². The van der Waals surface area contributed by atoms with Gasteiger partial charge in [0.2, 0.25) is 0 Å². The summed E-state index contributed by atoms with van der Waals surface area (Å²) in [6, 6.07) is 9.63. The Labute approximate surface area is 139 Å². The smallest absolute Gasteiger partial charge is 0.276 e. The number of hydrogen-bond donors (Lipinski definition) is 0. The molecule has 0 spiro atoms. The van der Waals surface area contributed by atoms with Gasteiger partial charge in [0.15, 0.2) is 5.69 Å². The van der Waals surface area contributed by atoms with Gasteiger partial charge in [-0.15, -0.1) is 0 Å². The second-order valence-corrected chi connectivity index (χ2v) is 6.58. The fourth-order valence-electron chi connectivity index (χ4n) is 2.95. The molecule has 1 aromatic carbocycles. The monoisotopic (exact) mass is 331 g/mol. The Hall–Kier alpha value is -2.01. The number of carbonyl (C=O) groups excluding carboxylic acids is 1. The lowest BCUT2D eigenvalue weighted by atomic mass is 10.2. The zero-order valence-corrected chi connectivity index (χ0v) is 13.5. The highest BCUT2D eigenvalue weighted by Crippen LogP contribution is 2.40. The molecule has 1 aliphatic heterocycles. The lowest BCUT2D eigenvalue weighted by Gasteiger charge is -2.35. The van der Waals surface area contributed by atoms with Crippen molar-refractivity contribution in [2.45, 2.75) is 18.8 Å². The first-order valence-corrected chi connectivity index (χ1v) is 8.35. The first-order valence-electron chi connectivity index (χ1n) is 7.97. The number of carbonyl (C=O) groups is 1. The average Bonchev–Trinajstić information content (AvgIpc) is 3.32. The van der Waals surface area contributed by atoms with E-state index in [9.17, 15) is 4.79 Å². The van der Waals surface area contributed by atoms with Crippen LogP contribution >= 0.6 is 11.6 Å². The molecule has 2 aromatic rings. The van der Waals surface area contributed by atoms with Crippen molar-refractivity contribution in [3.8, 4) is 0 Å². The molecule has 1 aromatic heterocycles. The third kappa shape index (κ3) is 3.06. The van der Waals surface area contributed by atoms with E-state index in [1.807, 2.05) is 35.2 Å². The summed E-state index contributed by atoms with van der Waals surface area (Å²) in [7, 11) is 0. The minimum absolute atomic E-state index is 0.0357. The van der Waals surface area contributed by atoms with Crippen LogP contribution in [0.25, 0.3) is 0 Å². The largest absolute Gasteiger partial charge is 0.368 e. The molecule has 6 heteroatoms. The second-order valence-electron chi connectivity index (χ2n) is 6.15. The summed E-state index contributed by atoms with van der Waals surface area (Å²) in [4.78, 5) is 16.6. The van der Waals surface area contributed by atoms with E-state index >= 15 is 0 Å². The molecular formula is C17H18ClN3O2. The van der Waals surface area contributed by atoms with E-state index in [1.54, 1.807) is 0 Å². The third-order valence-electron chi connectivity index (χ3n) is 4.47. The van der Waals surface area contributed by atoms with Crippen LogP contribution in [0.4, 0.5) is 5.69 Å². The topological polar surface area (TPSA) is 49.6 Å².